The molecule has 0 aliphatic rings. The Kier molecular flexibility index (Phi) is 5.76. The fraction of sp³-hybridized carbons (Fsp3) is 0.136. The van der Waals surface area contributed by atoms with Gasteiger partial charge in [-0.3, -0.25) is 4.79 Å². The average Bonchev–Trinajstić information content (AvgIpc) is 2.73. The molecule has 0 amide bonds. The highest BCUT2D eigenvalue weighted by atomic mass is 32.2. The van der Waals surface area contributed by atoms with Gasteiger partial charge < -0.3 is 5.73 Å². The lowest BCUT2D eigenvalue weighted by atomic mass is 10.1. The molecule has 3 aromatic rings. The van der Waals surface area contributed by atoms with Crippen LogP contribution in [0.25, 0.3) is 11.3 Å². The fourth-order valence-corrected chi connectivity index (χ4v) is 3.55. The summed E-state index contributed by atoms with van der Waals surface area (Å²) in [5.74, 6) is 4.97. The topological polar surface area (TPSA) is 103 Å². The summed E-state index contributed by atoms with van der Waals surface area (Å²) in [5.41, 5.74) is 7.64. The van der Waals surface area contributed by atoms with Crippen LogP contribution in [-0.4, -0.2) is 29.4 Å². The number of nitrogens with two attached hydrogens (primary N) is 1. The highest BCUT2D eigenvalue weighted by molar-refractivity contribution is 7.92. The van der Waals surface area contributed by atoms with Crippen molar-refractivity contribution in [2.75, 3.05) is 5.73 Å². The summed E-state index contributed by atoms with van der Waals surface area (Å²) in [6, 6.07) is 15.1. The van der Waals surface area contributed by atoms with E-state index in [0.717, 1.165) is 0 Å². The molecule has 0 saturated heterocycles. The normalized spacial score (nSPS) is 11.0. The quantitative estimate of drug-likeness (QED) is 0.528. The molecule has 0 bridgehead atoms. The molecule has 0 unspecified atom stereocenters. The number of nitrogen functional groups attached to an aromatic ring is 1. The lowest BCUT2D eigenvalue weighted by molar-refractivity contribution is 0.105. The van der Waals surface area contributed by atoms with E-state index < -0.39 is 15.1 Å². The van der Waals surface area contributed by atoms with Crippen LogP contribution in [0.15, 0.2) is 65.7 Å². The number of rotatable bonds is 4. The predicted octanol–water partition coefficient (Wildman–Crippen LogP) is 3.14. The van der Waals surface area contributed by atoms with E-state index in [-0.39, 0.29) is 22.2 Å². The molecule has 0 atom stereocenters. The van der Waals surface area contributed by atoms with Crippen LogP contribution in [0.5, 0.6) is 0 Å². The zero-order valence-electron chi connectivity index (χ0n) is 16.0. The van der Waals surface area contributed by atoms with Crippen molar-refractivity contribution in [2.24, 2.45) is 0 Å². The minimum absolute atomic E-state index is 0.112. The van der Waals surface area contributed by atoms with Gasteiger partial charge in [-0.25, -0.2) is 18.4 Å². The Labute approximate surface area is 169 Å². The maximum absolute atomic E-state index is 12.2. The summed E-state index contributed by atoms with van der Waals surface area (Å²) >= 11 is 0. The lowest BCUT2D eigenvalue weighted by Gasteiger charge is -2.08. The summed E-state index contributed by atoms with van der Waals surface area (Å²) < 4.78 is 24.5. The van der Waals surface area contributed by atoms with Crippen molar-refractivity contribution in [1.82, 2.24) is 9.97 Å². The summed E-state index contributed by atoms with van der Waals surface area (Å²) in [6.45, 7) is 3.27. The number of aromatic nitrogens is 2. The number of Topliss-reactive ketones (excluding diaryl/α,β-unsaturated/α-hetero) is 1. The van der Waals surface area contributed by atoms with Crippen LogP contribution in [0.4, 0.5) is 5.82 Å². The van der Waals surface area contributed by atoms with Crippen molar-refractivity contribution in [2.45, 2.75) is 24.0 Å². The molecular weight excluding hydrogens is 386 g/mol. The van der Waals surface area contributed by atoms with Gasteiger partial charge in [0.2, 0.25) is 5.78 Å². The van der Waals surface area contributed by atoms with Gasteiger partial charge in [0, 0.05) is 11.1 Å². The Morgan fingerprint density at radius 3 is 2.31 bits per heavy atom. The van der Waals surface area contributed by atoms with E-state index in [2.05, 4.69) is 21.8 Å². The lowest BCUT2D eigenvalue weighted by Crippen LogP contribution is -2.13. The molecular formula is C22H19N3O3S. The van der Waals surface area contributed by atoms with Crippen LogP contribution < -0.4 is 5.73 Å². The molecule has 0 saturated carbocycles. The second-order valence-electron chi connectivity index (χ2n) is 6.55. The molecule has 2 N–H and O–H groups in total. The Morgan fingerprint density at radius 1 is 1.03 bits per heavy atom. The number of ketones is 1. The van der Waals surface area contributed by atoms with Crippen LogP contribution in [0.3, 0.4) is 0 Å². The molecule has 7 heteroatoms. The van der Waals surface area contributed by atoms with Crippen LogP contribution in [-0.2, 0) is 9.84 Å². The van der Waals surface area contributed by atoms with Gasteiger partial charge in [-0.05, 0) is 37.8 Å². The first kappa shape index (κ1) is 20.2. The largest absolute Gasteiger partial charge is 0.381 e. The van der Waals surface area contributed by atoms with Crippen molar-refractivity contribution in [1.29, 1.82) is 0 Å². The summed E-state index contributed by atoms with van der Waals surface area (Å²) in [7, 11) is -3.35. The van der Waals surface area contributed by atoms with Gasteiger partial charge in [0.1, 0.15) is 0 Å². The number of sulfone groups is 1. The van der Waals surface area contributed by atoms with E-state index in [0.29, 0.717) is 16.8 Å². The third kappa shape index (κ3) is 4.50. The second-order valence-corrected chi connectivity index (χ2v) is 9.06. The molecule has 0 fully saturated rings. The Balaban J connectivity index is 1.90. The van der Waals surface area contributed by atoms with Crippen molar-refractivity contribution < 1.29 is 13.2 Å². The molecule has 146 valence electrons. The average molecular weight is 405 g/mol. The van der Waals surface area contributed by atoms with E-state index in [9.17, 15) is 13.2 Å². The number of hydrogen-bond acceptors (Lipinski definition) is 6. The first-order chi connectivity index (χ1) is 13.8. The van der Waals surface area contributed by atoms with Gasteiger partial charge in [-0.2, -0.15) is 0 Å². The van der Waals surface area contributed by atoms with Gasteiger partial charge in [-0.1, -0.05) is 42.5 Å². The molecule has 29 heavy (non-hydrogen) atoms. The SMILES string of the molecule is CC(C)S(=O)(=O)c1ccc(-c2cnc(N)c(C#CC(=O)c3ccccc3)n2)cc1. The zero-order valence-corrected chi connectivity index (χ0v) is 16.8. The number of hydrogen-bond donors (Lipinski definition) is 1. The second kappa shape index (κ2) is 8.25. The third-order valence-electron chi connectivity index (χ3n) is 4.23. The highest BCUT2D eigenvalue weighted by Crippen LogP contribution is 2.22. The number of carbonyl (C=O) groups excluding carboxylic acids is 1. The first-order valence-corrected chi connectivity index (χ1v) is 10.4. The molecule has 3 rings (SSSR count). The Morgan fingerprint density at radius 2 is 1.69 bits per heavy atom. The molecule has 1 heterocycles. The molecule has 0 spiro atoms. The number of carbonyl (C=O) groups is 1. The molecule has 2 aromatic carbocycles. The molecule has 0 aliphatic heterocycles. The standard InChI is InChI=1S/C22H19N3O3S/c1-15(2)29(27,28)18-10-8-16(9-11-18)20-14-24-22(23)19(25-20)12-13-21(26)17-6-4-3-5-7-17/h3-11,14-15H,1-2H3,(H2,23,24). The maximum atomic E-state index is 12.2. The molecule has 0 aliphatic carbocycles. The van der Waals surface area contributed by atoms with E-state index in [4.69, 9.17) is 5.73 Å². The number of benzene rings is 2. The number of anilines is 1. The van der Waals surface area contributed by atoms with E-state index >= 15 is 0 Å². The van der Waals surface area contributed by atoms with Gasteiger partial charge in [0.25, 0.3) is 0 Å². The predicted molar refractivity (Wildman–Crippen MR) is 112 cm³/mol. The third-order valence-corrected chi connectivity index (χ3v) is 6.40. The van der Waals surface area contributed by atoms with Crippen molar-refractivity contribution >= 4 is 21.4 Å². The van der Waals surface area contributed by atoms with E-state index in [1.54, 1.807) is 50.2 Å². The summed E-state index contributed by atoms with van der Waals surface area (Å²) in [5, 5.41) is -0.506. The molecule has 6 nitrogen and oxygen atoms in total. The van der Waals surface area contributed by atoms with E-state index in [1.165, 1.54) is 18.3 Å². The smallest absolute Gasteiger partial charge is 0.236 e. The van der Waals surface area contributed by atoms with Crippen molar-refractivity contribution in [3.8, 4) is 23.1 Å². The van der Waals surface area contributed by atoms with Crippen molar-refractivity contribution in [3.63, 3.8) is 0 Å². The summed E-state index contributed by atoms with van der Waals surface area (Å²) in [6.07, 6.45) is 1.48. The van der Waals surface area contributed by atoms with Gasteiger partial charge in [-0.15, -0.1) is 0 Å². The van der Waals surface area contributed by atoms with Crippen LogP contribution in [0.1, 0.15) is 29.9 Å². The first-order valence-electron chi connectivity index (χ1n) is 8.87. The van der Waals surface area contributed by atoms with Gasteiger partial charge in [0.05, 0.1) is 22.0 Å². The molecule has 1 aromatic heterocycles. The van der Waals surface area contributed by atoms with Crippen molar-refractivity contribution in [3.05, 3.63) is 72.1 Å². The van der Waals surface area contributed by atoms with Crippen LogP contribution >= 0.6 is 0 Å². The monoisotopic (exact) mass is 405 g/mol. The van der Waals surface area contributed by atoms with Crippen LogP contribution in [0, 0.1) is 11.8 Å². The van der Waals surface area contributed by atoms with Gasteiger partial charge >= 0.3 is 0 Å². The minimum Gasteiger partial charge on any atom is -0.381 e. The highest BCUT2D eigenvalue weighted by Gasteiger charge is 2.19. The maximum Gasteiger partial charge on any atom is 0.236 e. The fourth-order valence-electron chi connectivity index (χ4n) is 2.49. The van der Waals surface area contributed by atoms with E-state index in [1.807, 2.05) is 6.07 Å². The van der Waals surface area contributed by atoms with Gasteiger partial charge in [0.15, 0.2) is 21.3 Å². The van der Waals surface area contributed by atoms with Crippen LogP contribution in [0.2, 0.25) is 0 Å². The number of nitrogens with zero attached hydrogens (tertiary/aromatic N) is 2. The zero-order chi connectivity index (χ0) is 21.0. The summed E-state index contributed by atoms with van der Waals surface area (Å²) in [4.78, 5) is 20.9. The Bertz CT molecular complexity index is 1210. The Hall–Kier alpha value is -3.50. The molecule has 0 radical (unpaired) electrons. The minimum atomic E-state index is -3.35.